The predicted octanol–water partition coefficient (Wildman–Crippen LogP) is 2.39. The molecule has 1 fully saturated rings. The van der Waals surface area contributed by atoms with E-state index in [0.717, 1.165) is 42.9 Å². The fourth-order valence-electron chi connectivity index (χ4n) is 2.79. The molecule has 2 heterocycles. The Labute approximate surface area is 136 Å². The quantitative estimate of drug-likeness (QED) is 0.894. The molecule has 0 aromatic heterocycles. The zero-order chi connectivity index (χ0) is 16.1. The Hall–Kier alpha value is -1.95. The number of rotatable bonds is 4. The highest BCUT2D eigenvalue weighted by atomic mass is 16.5. The molecule has 0 unspecified atom stereocenters. The summed E-state index contributed by atoms with van der Waals surface area (Å²) in [4.78, 5) is 12.0. The Bertz CT molecular complexity index is 543. The van der Waals surface area contributed by atoms with E-state index in [-0.39, 0.29) is 18.2 Å². The van der Waals surface area contributed by atoms with Gasteiger partial charge >= 0.3 is 6.03 Å². The normalized spacial score (nSPS) is 21.3. The maximum absolute atomic E-state index is 12.0. The van der Waals surface area contributed by atoms with E-state index in [0.29, 0.717) is 19.8 Å². The van der Waals surface area contributed by atoms with Crippen LogP contribution < -0.4 is 20.1 Å². The molecule has 2 N–H and O–H groups in total. The smallest absolute Gasteiger partial charge is 0.315 e. The summed E-state index contributed by atoms with van der Waals surface area (Å²) in [7, 11) is 0. The highest BCUT2D eigenvalue weighted by molar-refractivity contribution is 5.74. The van der Waals surface area contributed by atoms with Crippen LogP contribution in [0.5, 0.6) is 11.5 Å². The van der Waals surface area contributed by atoms with Gasteiger partial charge in [0.2, 0.25) is 0 Å². The monoisotopic (exact) mass is 320 g/mol. The van der Waals surface area contributed by atoms with Gasteiger partial charge in [0.1, 0.15) is 0 Å². The van der Waals surface area contributed by atoms with Crippen LogP contribution in [0.15, 0.2) is 18.2 Å². The number of benzene rings is 1. The van der Waals surface area contributed by atoms with Gasteiger partial charge in [-0.25, -0.2) is 4.79 Å². The summed E-state index contributed by atoms with van der Waals surface area (Å²) in [5, 5.41) is 5.81. The van der Waals surface area contributed by atoms with Crippen LogP contribution in [0.2, 0.25) is 0 Å². The van der Waals surface area contributed by atoms with Gasteiger partial charge in [-0.05, 0) is 37.5 Å². The largest absolute Gasteiger partial charge is 0.490 e. The summed E-state index contributed by atoms with van der Waals surface area (Å²) in [6.07, 6.45) is 3.11. The topological polar surface area (TPSA) is 68.8 Å². The van der Waals surface area contributed by atoms with Crippen molar-refractivity contribution in [2.75, 3.05) is 26.4 Å². The van der Waals surface area contributed by atoms with Gasteiger partial charge in [-0.15, -0.1) is 0 Å². The predicted molar refractivity (Wildman–Crippen MR) is 86.0 cm³/mol. The number of carbonyl (C=O) groups excluding carboxylic acids is 1. The van der Waals surface area contributed by atoms with Gasteiger partial charge < -0.3 is 24.8 Å². The van der Waals surface area contributed by atoms with Gasteiger partial charge in [0.15, 0.2) is 11.5 Å². The molecule has 2 aliphatic heterocycles. The van der Waals surface area contributed by atoms with Gasteiger partial charge in [0, 0.05) is 19.6 Å². The van der Waals surface area contributed by atoms with Gasteiger partial charge in [-0.3, -0.25) is 0 Å². The number of fused-ring (bicyclic) bond motifs is 1. The lowest BCUT2D eigenvalue weighted by atomic mass is 10.1. The maximum atomic E-state index is 12.0. The molecule has 1 aromatic carbocycles. The Morgan fingerprint density at radius 3 is 2.83 bits per heavy atom. The van der Waals surface area contributed by atoms with E-state index in [2.05, 4.69) is 10.6 Å². The van der Waals surface area contributed by atoms with Crippen LogP contribution >= 0.6 is 0 Å². The molecule has 0 spiro atoms. The number of hydrogen-bond acceptors (Lipinski definition) is 4. The number of carbonyl (C=O) groups is 1. The van der Waals surface area contributed by atoms with Crippen LogP contribution in [0.4, 0.5) is 4.79 Å². The average molecular weight is 320 g/mol. The fourth-order valence-corrected chi connectivity index (χ4v) is 2.79. The van der Waals surface area contributed by atoms with E-state index in [4.69, 9.17) is 14.2 Å². The molecule has 2 amide bonds. The molecule has 6 heteroatoms. The minimum absolute atomic E-state index is 0.114. The zero-order valence-electron chi connectivity index (χ0n) is 13.5. The third-order valence-corrected chi connectivity index (χ3v) is 4.13. The van der Waals surface area contributed by atoms with Gasteiger partial charge in [-0.2, -0.15) is 0 Å². The van der Waals surface area contributed by atoms with Crippen molar-refractivity contribution in [3.63, 3.8) is 0 Å². The van der Waals surface area contributed by atoms with Crippen LogP contribution in [0.25, 0.3) is 0 Å². The van der Waals surface area contributed by atoms with Crippen LogP contribution in [0.3, 0.4) is 0 Å². The first-order valence-electron chi connectivity index (χ1n) is 8.28. The van der Waals surface area contributed by atoms with E-state index in [1.807, 2.05) is 25.1 Å². The van der Waals surface area contributed by atoms with Crippen molar-refractivity contribution in [2.45, 2.75) is 38.3 Å². The lowest BCUT2D eigenvalue weighted by molar-refractivity contribution is 0.111. The lowest BCUT2D eigenvalue weighted by Gasteiger charge is -2.18. The SMILES string of the molecule is C[C@@H](NC(=O)NC[C@H]1CCCO1)c1ccc2c(c1)OCCCO2. The second-order valence-electron chi connectivity index (χ2n) is 5.97. The molecule has 6 nitrogen and oxygen atoms in total. The van der Waals surface area contributed by atoms with E-state index in [9.17, 15) is 4.79 Å². The second kappa shape index (κ2) is 7.55. The number of hydrogen-bond donors (Lipinski definition) is 2. The fraction of sp³-hybridized carbons (Fsp3) is 0.588. The summed E-state index contributed by atoms with van der Waals surface area (Å²) >= 11 is 0. The Balaban J connectivity index is 1.53. The van der Waals surface area contributed by atoms with Gasteiger partial charge in [-0.1, -0.05) is 6.07 Å². The molecular formula is C17H24N2O4. The molecule has 0 aliphatic carbocycles. The molecule has 126 valence electrons. The van der Waals surface area contributed by atoms with Crippen molar-refractivity contribution >= 4 is 6.03 Å². The van der Waals surface area contributed by atoms with Crippen LogP contribution in [-0.4, -0.2) is 38.5 Å². The summed E-state index contributed by atoms with van der Waals surface area (Å²) in [5.74, 6) is 1.51. The molecule has 0 radical (unpaired) electrons. The van der Waals surface area contributed by atoms with E-state index >= 15 is 0 Å². The molecule has 1 saturated heterocycles. The molecule has 23 heavy (non-hydrogen) atoms. The summed E-state index contributed by atoms with van der Waals surface area (Å²) in [6.45, 7) is 4.62. The first-order valence-corrected chi connectivity index (χ1v) is 8.28. The molecule has 1 aromatic rings. The standard InChI is InChI=1S/C17H24N2O4/c1-12(19-17(20)18-11-14-4-2-7-21-14)13-5-6-15-16(10-13)23-9-3-8-22-15/h5-6,10,12,14H,2-4,7-9,11H2,1H3,(H2,18,19,20)/t12-,14-/m1/s1. The Morgan fingerprint density at radius 1 is 1.22 bits per heavy atom. The number of urea groups is 1. The molecular weight excluding hydrogens is 296 g/mol. The third-order valence-electron chi connectivity index (χ3n) is 4.13. The van der Waals surface area contributed by atoms with Crippen molar-refractivity contribution in [3.8, 4) is 11.5 Å². The molecule has 3 rings (SSSR count). The molecule has 0 bridgehead atoms. The first-order chi connectivity index (χ1) is 11.2. The number of ether oxygens (including phenoxy) is 3. The minimum atomic E-state index is -0.180. The highest BCUT2D eigenvalue weighted by Gasteiger charge is 2.18. The second-order valence-corrected chi connectivity index (χ2v) is 5.97. The summed E-state index contributed by atoms with van der Waals surface area (Å²) in [5.41, 5.74) is 0.988. The molecule has 0 saturated carbocycles. The first kappa shape index (κ1) is 15.9. The number of amides is 2. The summed E-state index contributed by atoms with van der Waals surface area (Å²) in [6, 6.07) is 5.50. The van der Waals surface area contributed by atoms with E-state index < -0.39 is 0 Å². The van der Waals surface area contributed by atoms with Crippen LogP contribution in [0, 0.1) is 0 Å². The molecule has 2 aliphatic rings. The molecule has 2 atom stereocenters. The maximum Gasteiger partial charge on any atom is 0.315 e. The van der Waals surface area contributed by atoms with Gasteiger partial charge in [0.25, 0.3) is 0 Å². The van der Waals surface area contributed by atoms with Crippen molar-refractivity contribution in [1.29, 1.82) is 0 Å². The Kier molecular flexibility index (Phi) is 5.23. The highest BCUT2D eigenvalue weighted by Crippen LogP contribution is 2.32. The average Bonchev–Trinajstić information content (AvgIpc) is 2.96. The van der Waals surface area contributed by atoms with Crippen molar-refractivity contribution in [1.82, 2.24) is 10.6 Å². The van der Waals surface area contributed by atoms with Crippen molar-refractivity contribution < 1.29 is 19.0 Å². The summed E-state index contributed by atoms with van der Waals surface area (Å²) < 4.78 is 16.8. The van der Waals surface area contributed by atoms with E-state index in [1.54, 1.807) is 0 Å². The van der Waals surface area contributed by atoms with Gasteiger partial charge in [0.05, 0.1) is 25.4 Å². The minimum Gasteiger partial charge on any atom is -0.490 e. The van der Waals surface area contributed by atoms with Crippen LogP contribution in [-0.2, 0) is 4.74 Å². The van der Waals surface area contributed by atoms with Crippen LogP contribution in [0.1, 0.15) is 37.8 Å². The van der Waals surface area contributed by atoms with Crippen molar-refractivity contribution in [2.24, 2.45) is 0 Å². The number of nitrogens with one attached hydrogen (secondary N) is 2. The van der Waals surface area contributed by atoms with E-state index in [1.165, 1.54) is 0 Å². The lowest BCUT2D eigenvalue weighted by Crippen LogP contribution is -2.40. The van der Waals surface area contributed by atoms with Crippen molar-refractivity contribution in [3.05, 3.63) is 23.8 Å². The third kappa shape index (κ3) is 4.28. The Morgan fingerprint density at radius 2 is 2.04 bits per heavy atom. The zero-order valence-corrected chi connectivity index (χ0v) is 13.5.